The number of rotatable bonds is 19. The summed E-state index contributed by atoms with van der Waals surface area (Å²) in [5.74, 6) is -17.9. The zero-order valence-electron chi connectivity index (χ0n) is 37.3. The highest BCUT2D eigenvalue weighted by molar-refractivity contribution is 5.92. The quantitative estimate of drug-likeness (QED) is 0.0176. The van der Waals surface area contributed by atoms with Crippen molar-refractivity contribution < 1.29 is 101 Å². The molecule has 0 saturated carbocycles. The van der Waals surface area contributed by atoms with E-state index >= 15 is 0 Å². The largest absolute Gasteiger partial charge is 0.493 e. The van der Waals surface area contributed by atoms with Gasteiger partial charge in [0.2, 0.25) is 0 Å². The SMILES string of the molecule is Nc1ccc(N)c(COC(=O)/C=C/c2ccc(OC(=O)c3ccc(OCCCC(F)(F)F)cc3F)cc2)c1.O=C(O)C=Cc1ccc(OC(=O)c2ccc(OC(=O)CCC(F)(F)C(F)(F)C(F)(F)F)cc2)cc1. The fraction of sp³-hybridized carbons (Fsp3) is 0.204. The predicted octanol–water partition coefficient (Wildman–Crippen LogP) is 11.2. The van der Waals surface area contributed by atoms with Gasteiger partial charge >= 0.3 is 54.0 Å². The van der Waals surface area contributed by atoms with Crippen LogP contribution >= 0.6 is 0 Å². The minimum atomic E-state index is -6.50. The van der Waals surface area contributed by atoms with Crippen LogP contribution in [0, 0.1) is 5.82 Å². The van der Waals surface area contributed by atoms with Crippen LogP contribution in [0.25, 0.3) is 12.2 Å². The van der Waals surface area contributed by atoms with Gasteiger partial charge < -0.3 is 40.3 Å². The highest BCUT2D eigenvalue weighted by Crippen LogP contribution is 2.48. The molecule has 0 atom stereocenters. The smallest absolute Gasteiger partial charge is 0.459 e. The summed E-state index contributed by atoms with van der Waals surface area (Å²) >= 11 is 0. The summed E-state index contributed by atoms with van der Waals surface area (Å²) in [5.41, 5.74) is 13.8. The number of carboxylic acids is 1. The average molecular weight is 1040 g/mol. The number of carbonyl (C=O) groups is 5. The number of aliphatic carboxylic acids is 1. The fourth-order valence-electron chi connectivity index (χ4n) is 5.58. The lowest BCUT2D eigenvalue weighted by molar-refractivity contribution is -0.355. The number of carboxylic acid groups (broad SMARTS) is 1. The zero-order chi connectivity index (χ0) is 54.1. The molecule has 24 heteroatoms. The lowest BCUT2D eigenvalue weighted by atomic mass is 10.1. The first-order valence-electron chi connectivity index (χ1n) is 20.8. The molecule has 5 aromatic rings. The Balaban J connectivity index is 0.000000318. The molecule has 13 nitrogen and oxygen atoms in total. The molecule has 0 bridgehead atoms. The molecule has 0 aliphatic heterocycles. The Morgan fingerprint density at radius 2 is 1.14 bits per heavy atom. The molecule has 0 heterocycles. The van der Waals surface area contributed by atoms with Crippen molar-refractivity contribution >= 4 is 53.4 Å². The summed E-state index contributed by atoms with van der Waals surface area (Å²) in [4.78, 5) is 58.6. The maximum atomic E-state index is 14.3. The Kier molecular flexibility index (Phi) is 19.6. The van der Waals surface area contributed by atoms with Crippen molar-refractivity contribution in [1.82, 2.24) is 0 Å². The van der Waals surface area contributed by atoms with Crippen molar-refractivity contribution in [3.8, 4) is 23.0 Å². The molecule has 0 amide bonds. The van der Waals surface area contributed by atoms with Crippen LogP contribution in [0.15, 0.2) is 121 Å². The second kappa shape index (κ2) is 25.1. The van der Waals surface area contributed by atoms with Gasteiger partial charge in [0.1, 0.15) is 35.4 Å². The summed E-state index contributed by atoms with van der Waals surface area (Å²) in [7, 11) is 0. The van der Waals surface area contributed by atoms with E-state index in [1.54, 1.807) is 30.3 Å². The first kappa shape index (κ1) is 57.1. The number of ether oxygens (including phenoxy) is 5. The fourth-order valence-corrected chi connectivity index (χ4v) is 5.58. The first-order chi connectivity index (χ1) is 34.1. The van der Waals surface area contributed by atoms with Crippen molar-refractivity contribution in [1.29, 1.82) is 0 Å². The van der Waals surface area contributed by atoms with Crippen LogP contribution in [0.3, 0.4) is 0 Å². The topological polar surface area (TPSA) is 204 Å². The van der Waals surface area contributed by atoms with E-state index in [1.807, 2.05) is 0 Å². The van der Waals surface area contributed by atoms with Gasteiger partial charge in [-0.05, 0) is 109 Å². The van der Waals surface area contributed by atoms with E-state index < -0.39 is 79.1 Å². The van der Waals surface area contributed by atoms with E-state index in [2.05, 4.69) is 4.74 Å². The molecule has 5 aromatic carbocycles. The van der Waals surface area contributed by atoms with E-state index in [1.165, 1.54) is 60.7 Å². The predicted molar refractivity (Wildman–Crippen MR) is 238 cm³/mol. The average Bonchev–Trinajstić information content (AvgIpc) is 3.31. The van der Waals surface area contributed by atoms with Gasteiger partial charge in [0.05, 0.1) is 24.2 Å². The molecular formula is C49H39F11N2O11. The number of nitrogen functional groups attached to an aromatic ring is 2. The van der Waals surface area contributed by atoms with Crippen LogP contribution in [0.2, 0.25) is 0 Å². The van der Waals surface area contributed by atoms with E-state index in [0.717, 1.165) is 42.5 Å². The molecule has 0 saturated heterocycles. The minimum Gasteiger partial charge on any atom is -0.493 e. The van der Waals surface area contributed by atoms with Gasteiger partial charge in [-0.25, -0.2) is 23.6 Å². The number of hydrogen-bond donors (Lipinski definition) is 3. The Labute approximate surface area is 406 Å². The van der Waals surface area contributed by atoms with E-state index in [4.69, 9.17) is 35.5 Å². The monoisotopic (exact) mass is 1040 g/mol. The maximum absolute atomic E-state index is 14.3. The molecule has 0 spiro atoms. The van der Waals surface area contributed by atoms with E-state index in [9.17, 15) is 72.3 Å². The van der Waals surface area contributed by atoms with Crippen molar-refractivity contribution in [3.63, 3.8) is 0 Å². The van der Waals surface area contributed by atoms with Gasteiger partial charge in [-0.1, -0.05) is 24.3 Å². The zero-order valence-corrected chi connectivity index (χ0v) is 37.3. The molecule has 0 aliphatic rings. The standard InChI is InChI=1S/C27H24F4N2O5.C22H15F7O6/c28-23-15-21(36-13-1-12-27(29,30)31)8-9-22(23)26(35)38-20-6-2-17(3-7-20)4-11-25(34)37-16-18-14-19(32)5-10-24(18)33;23-20(24,21(25,26)22(27,28)29)12-11-18(32)34-15-8-4-14(5-9-15)19(33)35-16-6-1-13(2-7-16)3-10-17(30)31/h2-11,14-15H,1,12-13,16,32-33H2;1-10H,11-12H2,(H,30,31)/b11-4+;. The maximum Gasteiger partial charge on any atom is 0.459 e. The van der Waals surface area contributed by atoms with Crippen LogP contribution in [0.1, 0.15) is 63.1 Å². The van der Waals surface area contributed by atoms with Crippen LogP contribution in [0.5, 0.6) is 23.0 Å². The normalized spacial score (nSPS) is 11.9. The molecular weight excluding hydrogens is 1000 g/mol. The molecule has 0 fully saturated rings. The summed E-state index contributed by atoms with van der Waals surface area (Å²) in [6.45, 7) is -0.297. The van der Waals surface area contributed by atoms with Gasteiger partial charge in [-0.15, -0.1) is 0 Å². The lowest BCUT2D eigenvalue weighted by Gasteiger charge is -2.27. The third kappa shape index (κ3) is 18.4. The van der Waals surface area contributed by atoms with Crippen molar-refractivity contribution in [2.45, 2.75) is 56.5 Å². The van der Waals surface area contributed by atoms with Crippen molar-refractivity contribution in [2.24, 2.45) is 0 Å². The number of alkyl halides is 10. The first-order valence-corrected chi connectivity index (χ1v) is 20.8. The number of nitrogens with two attached hydrogens (primary N) is 2. The second-order valence-corrected chi connectivity index (χ2v) is 15.0. The van der Waals surface area contributed by atoms with Gasteiger partial charge in [0.25, 0.3) is 0 Å². The number of benzene rings is 5. The summed E-state index contributed by atoms with van der Waals surface area (Å²) in [6.07, 6.45) is -10.7. The Bertz CT molecular complexity index is 2780. The third-order valence-corrected chi connectivity index (χ3v) is 9.36. The summed E-state index contributed by atoms with van der Waals surface area (Å²) in [5, 5.41) is 8.58. The highest BCUT2D eigenvalue weighted by atomic mass is 19.4. The lowest BCUT2D eigenvalue weighted by Crippen LogP contribution is -2.52. The third-order valence-electron chi connectivity index (χ3n) is 9.36. The second-order valence-electron chi connectivity index (χ2n) is 15.0. The number of carbonyl (C=O) groups excluding carboxylic acids is 4. The molecule has 0 aromatic heterocycles. The van der Waals surface area contributed by atoms with Crippen LogP contribution in [-0.4, -0.2) is 65.8 Å². The van der Waals surface area contributed by atoms with Crippen LogP contribution in [0.4, 0.5) is 59.7 Å². The Morgan fingerprint density at radius 3 is 1.68 bits per heavy atom. The number of anilines is 2. The van der Waals surface area contributed by atoms with E-state index in [0.29, 0.717) is 28.1 Å². The summed E-state index contributed by atoms with van der Waals surface area (Å²) in [6, 6.07) is 24.3. The number of esters is 4. The van der Waals surface area contributed by atoms with E-state index in [-0.39, 0.29) is 53.8 Å². The molecule has 5 rings (SSSR count). The Morgan fingerprint density at radius 1 is 0.603 bits per heavy atom. The molecule has 0 unspecified atom stereocenters. The Hall–Kier alpha value is -8.44. The van der Waals surface area contributed by atoms with Gasteiger partial charge in [-0.2, -0.15) is 43.9 Å². The highest BCUT2D eigenvalue weighted by Gasteiger charge is 2.72. The van der Waals surface area contributed by atoms with Crippen molar-refractivity contribution in [2.75, 3.05) is 18.1 Å². The molecule has 0 radical (unpaired) electrons. The molecule has 73 heavy (non-hydrogen) atoms. The molecule has 388 valence electrons. The van der Waals surface area contributed by atoms with Crippen molar-refractivity contribution in [3.05, 3.63) is 155 Å². The van der Waals surface area contributed by atoms with Gasteiger partial charge in [0, 0.05) is 48.0 Å². The molecule has 0 aliphatic carbocycles. The van der Waals surface area contributed by atoms with Gasteiger partial charge in [0.15, 0.2) is 0 Å². The number of hydrogen-bond acceptors (Lipinski definition) is 12. The minimum absolute atomic E-state index is 0.00717. The van der Waals surface area contributed by atoms with Crippen LogP contribution in [-0.2, 0) is 25.7 Å². The van der Waals surface area contributed by atoms with Gasteiger partial charge in [-0.3, -0.25) is 4.79 Å². The molecule has 5 N–H and O–H groups in total. The van der Waals surface area contributed by atoms with Crippen LogP contribution < -0.4 is 30.4 Å². The number of halogens is 11. The summed E-state index contributed by atoms with van der Waals surface area (Å²) < 4.78 is 164.